The zero-order valence-electron chi connectivity index (χ0n) is 5.87. The average molecular weight is 134 g/mol. The normalized spacial score (nSPS) is 17.3. The molecule has 0 aromatic heterocycles. The van der Waals surface area contributed by atoms with Gasteiger partial charge in [0, 0.05) is 0 Å². The maximum atomic E-state index is 8.78. The van der Waals surface area contributed by atoms with Crippen molar-refractivity contribution in [3.63, 3.8) is 0 Å². The van der Waals surface area contributed by atoms with Gasteiger partial charge in [-0.05, 0) is 12.8 Å². The van der Waals surface area contributed by atoms with E-state index in [0.717, 1.165) is 0 Å². The lowest BCUT2D eigenvalue weighted by atomic mass is 10.4. The Bertz CT molecular complexity index is 57.3. The van der Waals surface area contributed by atoms with Gasteiger partial charge in [0.25, 0.3) is 0 Å². The Labute approximate surface area is 55.3 Å². The second-order valence-electron chi connectivity index (χ2n) is 1.86. The van der Waals surface area contributed by atoms with Gasteiger partial charge < -0.3 is 14.9 Å². The summed E-state index contributed by atoms with van der Waals surface area (Å²) < 4.78 is 4.66. The summed E-state index contributed by atoms with van der Waals surface area (Å²) >= 11 is 0. The van der Waals surface area contributed by atoms with Crippen molar-refractivity contribution in [3.05, 3.63) is 0 Å². The van der Waals surface area contributed by atoms with Crippen LogP contribution in [-0.2, 0) is 4.74 Å². The second kappa shape index (κ2) is 4.73. The van der Waals surface area contributed by atoms with Crippen molar-refractivity contribution in [1.29, 1.82) is 0 Å². The van der Waals surface area contributed by atoms with Gasteiger partial charge in [-0.1, -0.05) is 13.8 Å². The number of ether oxygens (including phenoxy) is 1. The van der Waals surface area contributed by atoms with E-state index in [1.807, 2.05) is 0 Å². The summed E-state index contributed by atoms with van der Waals surface area (Å²) in [7, 11) is 0. The molecule has 0 aliphatic carbocycles. The van der Waals surface area contributed by atoms with Crippen LogP contribution in [0.1, 0.15) is 26.7 Å². The quantitative estimate of drug-likeness (QED) is 0.549. The third-order valence-corrected chi connectivity index (χ3v) is 1.01. The largest absolute Gasteiger partial charge is 0.368 e. The van der Waals surface area contributed by atoms with Crippen LogP contribution in [0.5, 0.6) is 0 Å². The van der Waals surface area contributed by atoms with Crippen LogP contribution in [0.15, 0.2) is 0 Å². The summed E-state index contributed by atoms with van der Waals surface area (Å²) in [4.78, 5) is 0. The maximum absolute atomic E-state index is 8.78. The monoisotopic (exact) mass is 134 g/mol. The fourth-order valence-electron chi connectivity index (χ4n) is 0.374. The predicted octanol–water partition coefficient (Wildman–Crippen LogP) is 0.460. The van der Waals surface area contributed by atoms with Crippen LogP contribution in [0.25, 0.3) is 0 Å². The van der Waals surface area contributed by atoms with E-state index < -0.39 is 12.6 Å². The van der Waals surface area contributed by atoms with Gasteiger partial charge in [0.15, 0.2) is 12.6 Å². The summed E-state index contributed by atoms with van der Waals surface area (Å²) in [5.41, 5.74) is 0. The first kappa shape index (κ1) is 8.88. The molecule has 0 saturated carbocycles. The van der Waals surface area contributed by atoms with Gasteiger partial charge in [-0.25, -0.2) is 0 Å². The van der Waals surface area contributed by atoms with Crippen molar-refractivity contribution in [2.45, 2.75) is 39.3 Å². The highest BCUT2D eigenvalue weighted by molar-refractivity contribution is 4.38. The lowest BCUT2D eigenvalue weighted by Crippen LogP contribution is -2.19. The molecule has 0 aliphatic heterocycles. The zero-order valence-corrected chi connectivity index (χ0v) is 5.87. The summed E-state index contributed by atoms with van der Waals surface area (Å²) in [5.74, 6) is 0. The van der Waals surface area contributed by atoms with Crippen molar-refractivity contribution >= 4 is 0 Å². The molecule has 0 aromatic carbocycles. The van der Waals surface area contributed by atoms with E-state index in [2.05, 4.69) is 4.74 Å². The molecule has 0 amide bonds. The number of aliphatic hydroxyl groups excluding tert-OH is 2. The van der Waals surface area contributed by atoms with Crippen LogP contribution in [0.2, 0.25) is 0 Å². The van der Waals surface area contributed by atoms with Crippen molar-refractivity contribution in [2.24, 2.45) is 0 Å². The Hall–Kier alpha value is -0.120. The van der Waals surface area contributed by atoms with Gasteiger partial charge in [0.2, 0.25) is 0 Å². The van der Waals surface area contributed by atoms with Crippen LogP contribution in [0, 0.1) is 0 Å². The van der Waals surface area contributed by atoms with E-state index in [4.69, 9.17) is 10.2 Å². The van der Waals surface area contributed by atoms with E-state index in [1.165, 1.54) is 0 Å². The van der Waals surface area contributed by atoms with Gasteiger partial charge >= 0.3 is 0 Å². The SMILES string of the molecule is CC[C@@H](O)O[C@H](O)CC. The van der Waals surface area contributed by atoms with Crippen molar-refractivity contribution < 1.29 is 14.9 Å². The Kier molecular flexibility index (Phi) is 4.67. The lowest BCUT2D eigenvalue weighted by Gasteiger charge is -2.13. The van der Waals surface area contributed by atoms with E-state index >= 15 is 0 Å². The minimum absolute atomic E-state index is 0.511. The minimum atomic E-state index is -0.819. The molecule has 2 atom stereocenters. The first-order valence-corrected chi connectivity index (χ1v) is 3.22. The molecule has 3 nitrogen and oxygen atoms in total. The molecule has 0 aromatic rings. The van der Waals surface area contributed by atoms with Crippen molar-refractivity contribution in [3.8, 4) is 0 Å². The third kappa shape index (κ3) is 4.39. The standard InChI is InChI=1S/C6H14O3/c1-3-5(7)9-6(8)4-2/h5-8H,3-4H2,1-2H3/t5-,6-/m0/s1. The zero-order chi connectivity index (χ0) is 7.28. The highest BCUT2D eigenvalue weighted by Crippen LogP contribution is 1.99. The number of hydrogen-bond donors (Lipinski definition) is 2. The molecule has 0 rings (SSSR count). The molecule has 56 valence electrons. The van der Waals surface area contributed by atoms with E-state index in [0.29, 0.717) is 12.8 Å². The third-order valence-electron chi connectivity index (χ3n) is 1.01. The van der Waals surface area contributed by atoms with Crippen LogP contribution < -0.4 is 0 Å². The van der Waals surface area contributed by atoms with Crippen molar-refractivity contribution in [1.82, 2.24) is 0 Å². The molecule has 0 aliphatic rings. The molecule has 0 bridgehead atoms. The Morgan fingerprint density at radius 3 is 1.67 bits per heavy atom. The average Bonchev–Trinajstić information content (AvgIpc) is 1.87. The van der Waals surface area contributed by atoms with E-state index in [-0.39, 0.29) is 0 Å². The highest BCUT2D eigenvalue weighted by Gasteiger charge is 2.05. The van der Waals surface area contributed by atoms with Crippen LogP contribution in [0.3, 0.4) is 0 Å². The molecule has 0 unspecified atom stereocenters. The van der Waals surface area contributed by atoms with Gasteiger partial charge in [0.1, 0.15) is 0 Å². The van der Waals surface area contributed by atoms with Crippen LogP contribution >= 0.6 is 0 Å². The molecular formula is C6H14O3. The fraction of sp³-hybridized carbons (Fsp3) is 1.00. The summed E-state index contributed by atoms with van der Waals surface area (Å²) in [6.45, 7) is 3.57. The van der Waals surface area contributed by atoms with Crippen LogP contribution in [0.4, 0.5) is 0 Å². The minimum Gasteiger partial charge on any atom is -0.368 e. The molecule has 0 spiro atoms. The molecule has 0 saturated heterocycles. The van der Waals surface area contributed by atoms with Gasteiger partial charge in [-0.3, -0.25) is 0 Å². The molecular weight excluding hydrogens is 120 g/mol. The molecule has 0 radical (unpaired) electrons. The fourth-order valence-corrected chi connectivity index (χ4v) is 0.374. The Morgan fingerprint density at radius 2 is 1.44 bits per heavy atom. The Balaban J connectivity index is 3.22. The first-order chi connectivity index (χ1) is 4.20. The number of hydrogen-bond acceptors (Lipinski definition) is 3. The van der Waals surface area contributed by atoms with Gasteiger partial charge in [-0.15, -0.1) is 0 Å². The first-order valence-electron chi connectivity index (χ1n) is 3.22. The van der Waals surface area contributed by atoms with E-state index in [1.54, 1.807) is 13.8 Å². The van der Waals surface area contributed by atoms with Gasteiger partial charge in [0.05, 0.1) is 0 Å². The predicted molar refractivity (Wildman–Crippen MR) is 33.7 cm³/mol. The van der Waals surface area contributed by atoms with E-state index in [9.17, 15) is 0 Å². The molecule has 9 heavy (non-hydrogen) atoms. The maximum Gasteiger partial charge on any atom is 0.157 e. The summed E-state index contributed by atoms with van der Waals surface area (Å²) in [5, 5.41) is 17.6. The highest BCUT2D eigenvalue weighted by atomic mass is 16.7. The second-order valence-corrected chi connectivity index (χ2v) is 1.86. The topological polar surface area (TPSA) is 49.7 Å². The van der Waals surface area contributed by atoms with Crippen LogP contribution in [-0.4, -0.2) is 22.8 Å². The summed E-state index contributed by atoms with van der Waals surface area (Å²) in [6, 6.07) is 0. The summed E-state index contributed by atoms with van der Waals surface area (Å²) in [6.07, 6.45) is -0.617. The Morgan fingerprint density at radius 1 is 1.11 bits per heavy atom. The number of aliphatic hydroxyl groups is 2. The van der Waals surface area contributed by atoms with Crippen molar-refractivity contribution in [2.75, 3.05) is 0 Å². The number of rotatable bonds is 4. The molecule has 0 heterocycles. The van der Waals surface area contributed by atoms with Gasteiger partial charge in [-0.2, -0.15) is 0 Å². The lowest BCUT2D eigenvalue weighted by molar-refractivity contribution is -0.208. The molecule has 0 fully saturated rings. The molecule has 3 heteroatoms. The smallest absolute Gasteiger partial charge is 0.157 e. The molecule has 2 N–H and O–H groups in total.